The van der Waals surface area contributed by atoms with Gasteiger partial charge in [-0.05, 0) is 60.9 Å². The molecule has 2 aromatic rings. The van der Waals surface area contributed by atoms with Gasteiger partial charge in [0.05, 0.1) is 11.4 Å². The first-order chi connectivity index (χ1) is 15.5. The van der Waals surface area contributed by atoms with Crippen molar-refractivity contribution >= 4 is 15.9 Å². The molecule has 1 aliphatic heterocycles. The molecule has 1 amide bonds. The quantitative estimate of drug-likeness (QED) is 0.699. The molecule has 2 aliphatic carbocycles. The lowest BCUT2D eigenvalue weighted by molar-refractivity contribution is -0.122. The molecule has 1 saturated carbocycles. The largest absolute Gasteiger partial charge is 0.354 e. The molecule has 6 nitrogen and oxygen atoms in total. The molecule has 3 aliphatic rings. The Labute approximate surface area is 190 Å². The molecule has 2 aromatic carbocycles. The Bertz CT molecular complexity index is 1090. The average Bonchev–Trinajstić information content (AvgIpc) is 3.46. The fraction of sp³-hybridized carbons (Fsp3) is 0.480. The average molecular weight is 454 g/mol. The number of aryl methyl sites for hydroxylation is 2. The third kappa shape index (κ3) is 4.34. The fourth-order valence-electron chi connectivity index (χ4n) is 5.02. The van der Waals surface area contributed by atoms with Gasteiger partial charge in [0, 0.05) is 38.1 Å². The van der Waals surface area contributed by atoms with Gasteiger partial charge in [0.25, 0.3) is 0 Å². The first kappa shape index (κ1) is 21.6. The number of nitrogens with zero attached hydrogens (tertiary/aromatic N) is 2. The summed E-state index contributed by atoms with van der Waals surface area (Å²) in [5, 5.41) is 3.11. The summed E-state index contributed by atoms with van der Waals surface area (Å²) in [6, 6.07) is 16.0. The van der Waals surface area contributed by atoms with Gasteiger partial charge in [0.2, 0.25) is 15.9 Å². The minimum atomic E-state index is -3.48. The van der Waals surface area contributed by atoms with E-state index < -0.39 is 10.0 Å². The fourth-order valence-corrected chi connectivity index (χ4v) is 6.50. The predicted octanol–water partition coefficient (Wildman–Crippen LogP) is 2.33. The number of sulfonamides is 1. The Morgan fingerprint density at radius 1 is 0.938 bits per heavy atom. The van der Waals surface area contributed by atoms with Gasteiger partial charge in [-0.15, -0.1) is 0 Å². The molecular weight excluding hydrogens is 422 g/mol. The molecule has 0 unspecified atom stereocenters. The topological polar surface area (TPSA) is 69.7 Å². The van der Waals surface area contributed by atoms with Crippen LogP contribution in [0.25, 0.3) is 0 Å². The van der Waals surface area contributed by atoms with E-state index in [2.05, 4.69) is 17.4 Å². The van der Waals surface area contributed by atoms with Gasteiger partial charge in [0.1, 0.15) is 0 Å². The summed E-state index contributed by atoms with van der Waals surface area (Å²) < 4.78 is 27.8. The molecule has 5 rings (SSSR count). The summed E-state index contributed by atoms with van der Waals surface area (Å²) in [4.78, 5) is 15.0. The minimum Gasteiger partial charge on any atom is -0.354 e. The zero-order valence-electron chi connectivity index (χ0n) is 18.4. The number of amides is 1. The second-order valence-corrected chi connectivity index (χ2v) is 11.3. The van der Waals surface area contributed by atoms with Crippen molar-refractivity contribution in [1.29, 1.82) is 0 Å². The van der Waals surface area contributed by atoms with Crippen molar-refractivity contribution in [3.05, 3.63) is 65.2 Å². The Balaban J connectivity index is 1.12. The maximum absolute atomic E-state index is 13.1. The highest BCUT2D eigenvalue weighted by Crippen LogP contribution is 2.47. The van der Waals surface area contributed by atoms with Gasteiger partial charge in [-0.25, -0.2) is 8.42 Å². The smallest absolute Gasteiger partial charge is 0.243 e. The Morgan fingerprint density at radius 2 is 1.66 bits per heavy atom. The predicted molar refractivity (Wildman–Crippen MR) is 124 cm³/mol. The van der Waals surface area contributed by atoms with Crippen LogP contribution in [0.4, 0.5) is 0 Å². The number of piperazine rings is 1. The minimum absolute atomic E-state index is 0.0159. The standard InChI is InChI=1S/C25H31N3O3S/c29-24(26-19-25(11-12-25)22-7-2-1-3-8-22)18-27-13-15-28(16-14-27)32(30,31)23-10-9-20-5-4-6-21(20)17-23/h1-3,7-10,17H,4-6,11-16,18-19H2,(H,26,29). The second kappa shape index (κ2) is 8.61. The summed E-state index contributed by atoms with van der Waals surface area (Å²) in [5.41, 5.74) is 3.84. The zero-order valence-corrected chi connectivity index (χ0v) is 19.2. The van der Waals surface area contributed by atoms with Crippen molar-refractivity contribution in [2.75, 3.05) is 39.3 Å². The van der Waals surface area contributed by atoms with Crippen LogP contribution in [-0.2, 0) is 33.1 Å². The van der Waals surface area contributed by atoms with Crippen LogP contribution in [-0.4, -0.2) is 62.8 Å². The van der Waals surface area contributed by atoms with Crippen LogP contribution in [0, 0.1) is 0 Å². The van der Waals surface area contributed by atoms with Gasteiger partial charge in [-0.1, -0.05) is 36.4 Å². The Hall–Kier alpha value is -2.22. The number of hydrogen-bond donors (Lipinski definition) is 1. The van der Waals surface area contributed by atoms with Gasteiger partial charge < -0.3 is 5.32 Å². The van der Waals surface area contributed by atoms with Crippen LogP contribution in [0.3, 0.4) is 0 Å². The molecule has 0 bridgehead atoms. The first-order valence-electron chi connectivity index (χ1n) is 11.6. The molecule has 0 spiro atoms. The van der Waals surface area contributed by atoms with Crippen molar-refractivity contribution < 1.29 is 13.2 Å². The van der Waals surface area contributed by atoms with E-state index in [1.54, 1.807) is 10.4 Å². The summed E-state index contributed by atoms with van der Waals surface area (Å²) in [5.74, 6) is 0.0159. The molecular formula is C25H31N3O3S. The molecule has 32 heavy (non-hydrogen) atoms. The van der Waals surface area contributed by atoms with E-state index in [9.17, 15) is 13.2 Å². The highest BCUT2D eigenvalue weighted by Gasteiger charge is 2.44. The van der Waals surface area contributed by atoms with Crippen LogP contribution < -0.4 is 5.32 Å². The molecule has 1 N–H and O–H groups in total. The Kier molecular flexibility index (Phi) is 5.82. The molecule has 7 heteroatoms. The van der Waals surface area contributed by atoms with Crippen molar-refractivity contribution in [1.82, 2.24) is 14.5 Å². The van der Waals surface area contributed by atoms with E-state index in [1.165, 1.54) is 16.7 Å². The number of hydrogen-bond acceptors (Lipinski definition) is 4. The van der Waals surface area contributed by atoms with Crippen LogP contribution in [0.2, 0.25) is 0 Å². The second-order valence-electron chi connectivity index (χ2n) is 9.39. The summed E-state index contributed by atoms with van der Waals surface area (Å²) >= 11 is 0. The zero-order chi connectivity index (χ0) is 22.2. The van der Waals surface area contributed by atoms with E-state index in [-0.39, 0.29) is 11.3 Å². The van der Waals surface area contributed by atoms with E-state index in [1.807, 2.05) is 35.2 Å². The number of fused-ring (bicyclic) bond motifs is 1. The highest BCUT2D eigenvalue weighted by atomic mass is 32.2. The normalized spacial score (nSPS) is 20.6. The SMILES string of the molecule is O=C(CN1CCN(S(=O)(=O)c2ccc3c(c2)CCC3)CC1)NCC1(c2ccccc2)CC1. The molecule has 2 fully saturated rings. The van der Waals surface area contributed by atoms with Crippen LogP contribution in [0.5, 0.6) is 0 Å². The maximum Gasteiger partial charge on any atom is 0.243 e. The molecule has 1 heterocycles. The molecule has 0 atom stereocenters. The third-order valence-corrected chi connectivity index (χ3v) is 9.16. The van der Waals surface area contributed by atoms with Crippen molar-refractivity contribution in [2.45, 2.75) is 42.4 Å². The molecule has 1 saturated heterocycles. The molecule has 0 aromatic heterocycles. The summed E-state index contributed by atoms with van der Waals surface area (Å²) in [6.45, 7) is 2.96. The van der Waals surface area contributed by atoms with Crippen LogP contribution in [0.1, 0.15) is 36.0 Å². The van der Waals surface area contributed by atoms with Crippen molar-refractivity contribution in [2.24, 2.45) is 0 Å². The highest BCUT2D eigenvalue weighted by molar-refractivity contribution is 7.89. The van der Waals surface area contributed by atoms with E-state index in [0.717, 1.165) is 32.1 Å². The number of rotatable bonds is 7. The lowest BCUT2D eigenvalue weighted by atomic mass is 9.96. The van der Waals surface area contributed by atoms with E-state index in [0.29, 0.717) is 44.2 Å². The Morgan fingerprint density at radius 3 is 2.38 bits per heavy atom. The third-order valence-electron chi connectivity index (χ3n) is 7.27. The number of benzene rings is 2. The van der Waals surface area contributed by atoms with Gasteiger partial charge >= 0.3 is 0 Å². The summed E-state index contributed by atoms with van der Waals surface area (Å²) in [7, 11) is -3.48. The lowest BCUT2D eigenvalue weighted by Crippen LogP contribution is -2.51. The monoisotopic (exact) mass is 453 g/mol. The maximum atomic E-state index is 13.1. The van der Waals surface area contributed by atoms with Crippen molar-refractivity contribution in [3.8, 4) is 0 Å². The number of carbonyl (C=O) groups is 1. The molecule has 0 radical (unpaired) electrons. The van der Waals surface area contributed by atoms with Crippen molar-refractivity contribution in [3.63, 3.8) is 0 Å². The number of nitrogens with one attached hydrogen (secondary N) is 1. The lowest BCUT2D eigenvalue weighted by Gasteiger charge is -2.33. The first-order valence-corrected chi connectivity index (χ1v) is 13.1. The van der Waals surface area contributed by atoms with Crippen LogP contribution >= 0.6 is 0 Å². The van der Waals surface area contributed by atoms with Gasteiger partial charge in [-0.3, -0.25) is 9.69 Å². The van der Waals surface area contributed by atoms with E-state index in [4.69, 9.17) is 0 Å². The summed E-state index contributed by atoms with van der Waals surface area (Å²) in [6.07, 6.45) is 5.33. The van der Waals surface area contributed by atoms with Crippen LogP contribution in [0.15, 0.2) is 53.4 Å². The number of carbonyl (C=O) groups excluding carboxylic acids is 1. The molecule has 170 valence electrons. The van der Waals surface area contributed by atoms with E-state index >= 15 is 0 Å². The van der Waals surface area contributed by atoms with Gasteiger partial charge in [0.15, 0.2) is 0 Å². The van der Waals surface area contributed by atoms with Gasteiger partial charge in [-0.2, -0.15) is 4.31 Å².